The predicted molar refractivity (Wildman–Crippen MR) is 80.5 cm³/mol. The molecule has 1 saturated carbocycles. The molecule has 19 heavy (non-hydrogen) atoms. The lowest BCUT2D eigenvalue weighted by atomic mass is 9.95. The van der Waals surface area contributed by atoms with Crippen molar-refractivity contribution < 1.29 is 4.74 Å². The average Bonchev–Trinajstić information content (AvgIpc) is 2.66. The fraction of sp³-hybridized carbons (Fsp3) is 1.00. The summed E-state index contributed by atoms with van der Waals surface area (Å²) in [7, 11) is 0. The highest BCUT2D eigenvalue weighted by Gasteiger charge is 2.18. The van der Waals surface area contributed by atoms with E-state index in [1.165, 1.54) is 51.5 Å². The molecule has 0 bridgehead atoms. The first-order chi connectivity index (χ1) is 9.38. The third kappa shape index (κ3) is 5.80. The van der Waals surface area contributed by atoms with Crippen LogP contribution in [0.2, 0.25) is 0 Å². The molecule has 2 fully saturated rings. The van der Waals surface area contributed by atoms with Crippen molar-refractivity contribution in [2.45, 2.75) is 57.9 Å². The Morgan fingerprint density at radius 3 is 2.74 bits per heavy atom. The Labute approximate surface area is 119 Å². The fourth-order valence-corrected chi connectivity index (χ4v) is 3.53. The Morgan fingerprint density at radius 2 is 1.95 bits per heavy atom. The topological polar surface area (TPSA) is 24.5 Å². The highest BCUT2D eigenvalue weighted by atomic mass is 16.5. The van der Waals surface area contributed by atoms with E-state index in [0.717, 1.165) is 44.8 Å². The fourth-order valence-electron chi connectivity index (χ4n) is 3.53. The van der Waals surface area contributed by atoms with Gasteiger partial charge < -0.3 is 10.1 Å². The smallest absolute Gasteiger partial charge is 0.0594 e. The lowest BCUT2D eigenvalue weighted by Gasteiger charge is -2.27. The Bertz CT molecular complexity index is 229. The largest absolute Gasteiger partial charge is 0.379 e. The minimum atomic E-state index is 0.780. The molecule has 1 aliphatic carbocycles. The van der Waals surface area contributed by atoms with E-state index in [-0.39, 0.29) is 0 Å². The van der Waals surface area contributed by atoms with Crippen LogP contribution in [0.15, 0.2) is 0 Å². The Kier molecular flexibility index (Phi) is 7.18. The quantitative estimate of drug-likeness (QED) is 0.750. The van der Waals surface area contributed by atoms with E-state index < -0.39 is 0 Å². The second-order valence-electron chi connectivity index (χ2n) is 6.27. The van der Waals surface area contributed by atoms with Gasteiger partial charge in [0, 0.05) is 32.2 Å². The molecule has 0 aromatic rings. The molecular formula is C16H32N2O. The van der Waals surface area contributed by atoms with Crippen LogP contribution in [0.25, 0.3) is 0 Å². The number of nitrogens with zero attached hydrogens (tertiary/aromatic N) is 1. The molecule has 0 spiro atoms. The summed E-state index contributed by atoms with van der Waals surface area (Å²) in [5.74, 6) is 1.01. The van der Waals surface area contributed by atoms with E-state index in [0.29, 0.717) is 0 Å². The van der Waals surface area contributed by atoms with Crippen molar-refractivity contribution >= 4 is 0 Å². The molecule has 2 unspecified atom stereocenters. The molecule has 2 atom stereocenters. The van der Waals surface area contributed by atoms with E-state index in [9.17, 15) is 0 Å². The minimum absolute atomic E-state index is 0.780. The van der Waals surface area contributed by atoms with Crippen molar-refractivity contribution in [2.24, 2.45) is 5.92 Å². The third-order valence-electron chi connectivity index (χ3n) is 4.75. The summed E-state index contributed by atoms with van der Waals surface area (Å²) in [5.41, 5.74) is 0. The normalized spacial score (nSPS) is 30.2. The first-order valence-corrected chi connectivity index (χ1v) is 8.42. The second kappa shape index (κ2) is 8.93. The number of ether oxygens (including phenoxy) is 1. The number of hydrogen-bond acceptors (Lipinski definition) is 3. The summed E-state index contributed by atoms with van der Waals surface area (Å²) in [4.78, 5) is 2.52. The highest BCUT2D eigenvalue weighted by Crippen LogP contribution is 2.26. The molecule has 1 N–H and O–H groups in total. The van der Waals surface area contributed by atoms with Gasteiger partial charge in [0.15, 0.2) is 0 Å². The predicted octanol–water partition coefficient (Wildman–Crippen LogP) is 2.66. The summed E-state index contributed by atoms with van der Waals surface area (Å²) in [5, 5.41) is 3.79. The zero-order chi connectivity index (χ0) is 13.3. The van der Waals surface area contributed by atoms with Gasteiger partial charge in [0.1, 0.15) is 0 Å². The lowest BCUT2D eigenvalue weighted by molar-refractivity contribution is 0.0380. The van der Waals surface area contributed by atoms with Gasteiger partial charge in [-0.1, -0.05) is 32.6 Å². The van der Waals surface area contributed by atoms with Crippen LogP contribution in [-0.2, 0) is 4.74 Å². The molecule has 1 aliphatic heterocycles. The summed E-state index contributed by atoms with van der Waals surface area (Å²) in [6, 6.07) is 0.780. The van der Waals surface area contributed by atoms with E-state index in [4.69, 9.17) is 4.74 Å². The second-order valence-corrected chi connectivity index (χ2v) is 6.27. The van der Waals surface area contributed by atoms with Gasteiger partial charge in [0.2, 0.25) is 0 Å². The lowest BCUT2D eigenvalue weighted by Crippen LogP contribution is -2.42. The summed E-state index contributed by atoms with van der Waals surface area (Å²) < 4.78 is 5.39. The zero-order valence-corrected chi connectivity index (χ0v) is 12.7. The van der Waals surface area contributed by atoms with Crippen molar-refractivity contribution in [1.29, 1.82) is 0 Å². The standard InChI is InChI=1S/C16H32N2O/c1-2-4-15-5-3-6-16(8-7-15)17-9-10-18-11-13-19-14-12-18/h15-17H,2-14H2,1H3. The van der Waals surface area contributed by atoms with Crippen molar-refractivity contribution in [3.05, 3.63) is 0 Å². The Balaban J connectivity index is 1.57. The van der Waals surface area contributed by atoms with Crippen molar-refractivity contribution in [3.63, 3.8) is 0 Å². The molecule has 1 saturated heterocycles. The van der Waals surface area contributed by atoms with Crippen molar-refractivity contribution in [3.8, 4) is 0 Å². The summed E-state index contributed by atoms with van der Waals surface area (Å²) in [6.45, 7) is 8.74. The van der Waals surface area contributed by atoms with Gasteiger partial charge in [0.25, 0.3) is 0 Å². The maximum Gasteiger partial charge on any atom is 0.0594 e. The Hall–Kier alpha value is -0.120. The maximum absolute atomic E-state index is 5.39. The minimum Gasteiger partial charge on any atom is -0.379 e. The van der Waals surface area contributed by atoms with E-state index >= 15 is 0 Å². The molecule has 2 rings (SSSR count). The molecule has 0 amide bonds. The van der Waals surface area contributed by atoms with Gasteiger partial charge >= 0.3 is 0 Å². The molecule has 112 valence electrons. The number of hydrogen-bond donors (Lipinski definition) is 1. The molecular weight excluding hydrogens is 236 g/mol. The summed E-state index contributed by atoms with van der Waals surface area (Å²) in [6.07, 6.45) is 9.94. The van der Waals surface area contributed by atoms with Gasteiger partial charge in [-0.15, -0.1) is 0 Å². The van der Waals surface area contributed by atoms with Crippen LogP contribution in [0.5, 0.6) is 0 Å². The molecule has 3 heteroatoms. The van der Waals surface area contributed by atoms with Crippen LogP contribution in [0, 0.1) is 5.92 Å². The van der Waals surface area contributed by atoms with E-state index in [2.05, 4.69) is 17.1 Å². The van der Waals surface area contributed by atoms with Gasteiger partial charge in [0.05, 0.1) is 13.2 Å². The number of rotatable bonds is 6. The van der Waals surface area contributed by atoms with Crippen LogP contribution in [0.1, 0.15) is 51.9 Å². The highest BCUT2D eigenvalue weighted by molar-refractivity contribution is 4.75. The van der Waals surface area contributed by atoms with Gasteiger partial charge in [-0.2, -0.15) is 0 Å². The van der Waals surface area contributed by atoms with Crippen LogP contribution in [0.3, 0.4) is 0 Å². The zero-order valence-electron chi connectivity index (χ0n) is 12.7. The van der Waals surface area contributed by atoms with E-state index in [1.54, 1.807) is 0 Å². The monoisotopic (exact) mass is 268 g/mol. The van der Waals surface area contributed by atoms with Crippen LogP contribution in [0.4, 0.5) is 0 Å². The first kappa shape index (κ1) is 15.3. The molecule has 2 aliphatic rings. The Morgan fingerprint density at radius 1 is 1.11 bits per heavy atom. The first-order valence-electron chi connectivity index (χ1n) is 8.42. The van der Waals surface area contributed by atoms with Gasteiger partial charge in [-0.05, 0) is 25.2 Å². The average molecular weight is 268 g/mol. The maximum atomic E-state index is 5.39. The van der Waals surface area contributed by atoms with Crippen molar-refractivity contribution in [2.75, 3.05) is 39.4 Å². The molecule has 1 heterocycles. The molecule has 3 nitrogen and oxygen atoms in total. The molecule has 0 radical (unpaired) electrons. The van der Waals surface area contributed by atoms with E-state index in [1.807, 2.05) is 0 Å². The molecule has 0 aromatic heterocycles. The van der Waals surface area contributed by atoms with Crippen LogP contribution in [-0.4, -0.2) is 50.3 Å². The van der Waals surface area contributed by atoms with Crippen molar-refractivity contribution in [1.82, 2.24) is 10.2 Å². The van der Waals surface area contributed by atoms with Crippen LogP contribution >= 0.6 is 0 Å². The van der Waals surface area contributed by atoms with Gasteiger partial charge in [-0.25, -0.2) is 0 Å². The summed E-state index contributed by atoms with van der Waals surface area (Å²) >= 11 is 0. The number of nitrogens with one attached hydrogen (secondary N) is 1. The van der Waals surface area contributed by atoms with Crippen LogP contribution < -0.4 is 5.32 Å². The molecule has 0 aromatic carbocycles. The van der Waals surface area contributed by atoms with Gasteiger partial charge in [-0.3, -0.25) is 4.90 Å². The third-order valence-corrected chi connectivity index (χ3v) is 4.75. The SMILES string of the molecule is CCCC1CCCC(NCCN2CCOCC2)CC1. The number of morpholine rings is 1.